The predicted octanol–water partition coefficient (Wildman–Crippen LogP) is 32.5. The molecule has 0 bridgehead atoms. The van der Waals surface area contributed by atoms with Crippen LogP contribution in [0, 0.1) is 0 Å². The first-order valence-corrected chi connectivity index (χ1v) is 40.5. The molecule has 0 saturated heterocycles. The van der Waals surface area contributed by atoms with E-state index in [2.05, 4.69) is 400 Å². The molecule has 3 aromatic heterocycles. The van der Waals surface area contributed by atoms with E-state index >= 15 is 0 Å². The van der Waals surface area contributed by atoms with Crippen molar-refractivity contribution in [1.82, 2.24) is 0 Å². The van der Waals surface area contributed by atoms with Gasteiger partial charge >= 0.3 is 0 Å². The Balaban J connectivity index is 0.000000102. The Morgan fingerprint density at radius 3 is 0.775 bits per heavy atom. The monoisotopic (exact) mass is 1460 g/mol. The molecule has 3 heterocycles. The quantitative estimate of drug-likeness (QED) is 0.146. The number of hydrogen-bond acceptors (Lipinski definition) is 3. The van der Waals surface area contributed by atoms with Crippen LogP contribution in [0.2, 0.25) is 0 Å². The van der Waals surface area contributed by atoms with E-state index in [-0.39, 0.29) is 0 Å². The van der Waals surface area contributed by atoms with E-state index in [1.54, 1.807) is 0 Å². The minimum atomic E-state index is 1.26. The summed E-state index contributed by atoms with van der Waals surface area (Å²) in [5.41, 5.74) is 15.5. The fourth-order valence-corrected chi connectivity index (χ4v) is 21.6. The number of rotatable bonds is 6. The van der Waals surface area contributed by atoms with Gasteiger partial charge in [-0.2, -0.15) is 0 Å². The molecule has 111 heavy (non-hydrogen) atoms. The van der Waals surface area contributed by atoms with Crippen molar-refractivity contribution in [3.8, 4) is 66.8 Å². The molecule has 0 saturated carbocycles. The highest BCUT2D eigenvalue weighted by molar-refractivity contribution is 7.27. The van der Waals surface area contributed by atoms with Crippen LogP contribution in [-0.4, -0.2) is 0 Å². The molecule has 3 heteroatoms. The molecule has 0 aliphatic carbocycles. The first-order valence-electron chi connectivity index (χ1n) is 38.1. The van der Waals surface area contributed by atoms with E-state index in [0.29, 0.717) is 0 Å². The lowest BCUT2D eigenvalue weighted by Crippen LogP contribution is -1.89. The van der Waals surface area contributed by atoms with Crippen molar-refractivity contribution >= 4 is 191 Å². The van der Waals surface area contributed by atoms with E-state index in [1.165, 1.54) is 224 Å². The Labute approximate surface area is 653 Å². The van der Waals surface area contributed by atoms with Gasteiger partial charge in [0.25, 0.3) is 0 Å². The normalized spacial score (nSPS) is 11.8. The van der Waals surface area contributed by atoms with E-state index in [4.69, 9.17) is 0 Å². The van der Waals surface area contributed by atoms with E-state index < -0.39 is 0 Å². The molecule has 0 fully saturated rings. The maximum Gasteiger partial charge on any atom is 0.0434 e. The molecule has 0 radical (unpaired) electrons. The molecule has 516 valence electrons. The topological polar surface area (TPSA) is 0 Å². The van der Waals surface area contributed by atoms with Gasteiger partial charge in [0, 0.05) is 71.6 Å². The number of benzene rings is 21. The summed E-state index contributed by atoms with van der Waals surface area (Å²) in [6.07, 6.45) is 0. The summed E-state index contributed by atoms with van der Waals surface area (Å²) in [5.74, 6) is 0. The van der Waals surface area contributed by atoms with Gasteiger partial charge in [-0.05, 0) is 201 Å². The molecule has 0 aliphatic rings. The molecule has 0 unspecified atom stereocenters. The van der Waals surface area contributed by atoms with Crippen LogP contribution < -0.4 is 0 Å². The maximum absolute atomic E-state index is 2.37. The molecule has 0 atom stereocenters. The van der Waals surface area contributed by atoms with E-state index in [0.717, 1.165) is 0 Å². The second-order valence-electron chi connectivity index (χ2n) is 29.1. The van der Waals surface area contributed by atoms with Gasteiger partial charge in [-0.1, -0.05) is 352 Å². The van der Waals surface area contributed by atoms with Crippen molar-refractivity contribution < 1.29 is 0 Å². The highest BCUT2D eigenvalue weighted by Gasteiger charge is 2.21. The van der Waals surface area contributed by atoms with Crippen LogP contribution in [0.5, 0.6) is 0 Å². The summed E-state index contributed by atoms with van der Waals surface area (Å²) in [7, 11) is 0. The first kappa shape index (κ1) is 64.8. The van der Waals surface area contributed by atoms with Gasteiger partial charge in [-0.25, -0.2) is 0 Å². The highest BCUT2D eigenvalue weighted by Crippen LogP contribution is 2.49. The van der Waals surface area contributed by atoms with Crippen LogP contribution in [0.15, 0.2) is 400 Å². The molecule has 0 spiro atoms. The van der Waals surface area contributed by atoms with Crippen LogP contribution in [0.1, 0.15) is 0 Å². The summed E-state index contributed by atoms with van der Waals surface area (Å²) in [5, 5.41) is 31.3. The predicted molar refractivity (Wildman–Crippen MR) is 488 cm³/mol. The summed E-state index contributed by atoms with van der Waals surface area (Å²) >= 11 is 5.68. The van der Waals surface area contributed by atoms with Crippen molar-refractivity contribution in [2.75, 3.05) is 0 Å². The van der Waals surface area contributed by atoms with Gasteiger partial charge in [0.2, 0.25) is 0 Å². The van der Waals surface area contributed by atoms with Crippen molar-refractivity contribution in [3.63, 3.8) is 0 Å². The highest BCUT2D eigenvalue weighted by atomic mass is 32.1. The van der Waals surface area contributed by atoms with Crippen molar-refractivity contribution in [2.45, 2.75) is 0 Å². The second kappa shape index (κ2) is 26.8. The molecule has 24 aromatic rings. The molecular formula is C108H66S3. The zero-order chi connectivity index (χ0) is 73.0. The Kier molecular flexibility index (Phi) is 15.6. The molecule has 0 N–H and O–H groups in total. The molecule has 21 aromatic carbocycles. The number of thiophene rings is 3. The zero-order valence-electron chi connectivity index (χ0n) is 60.3. The van der Waals surface area contributed by atoms with Crippen LogP contribution in [0.25, 0.3) is 224 Å². The summed E-state index contributed by atoms with van der Waals surface area (Å²) in [6, 6.07) is 147. The minimum absolute atomic E-state index is 1.26. The van der Waals surface area contributed by atoms with Crippen LogP contribution >= 0.6 is 34.0 Å². The van der Waals surface area contributed by atoms with Crippen LogP contribution in [0.3, 0.4) is 0 Å². The summed E-state index contributed by atoms with van der Waals surface area (Å²) in [4.78, 5) is 0. The maximum atomic E-state index is 2.37. The average Bonchev–Trinajstić information content (AvgIpc) is 1.66. The Morgan fingerprint density at radius 2 is 0.369 bits per heavy atom. The SMILES string of the molecule is c1ccc2c(c1)cc(-c1ccc(-c3cccc4c3sc3ccccc34)c3ccccc13)c1ccccc12.c1ccc2c(c1)cc(-c1ccc3ccc(-c4cccc5c4sc4ccccc45)cc3c1)c1ccccc12.c1ccc2c(c1)cc(-c1cccc3c(-c4cccc5c4sc4ccccc45)cccc13)c1ccccc12. The Morgan fingerprint density at radius 1 is 0.117 bits per heavy atom. The molecule has 0 amide bonds. The summed E-state index contributed by atoms with van der Waals surface area (Å²) < 4.78 is 8.11. The van der Waals surface area contributed by atoms with Crippen molar-refractivity contribution in [2.24, 2.45) is 0 Å². The van der Waals surface area contributed by atoms with Crippen molar-refractivity contribution in [3.05, 3.63) is 400 Å². The Hall–Kier alpha value is -13.4. The lowest BCUT2D eigenvalue weighted by Gasteiger charge is -2.16. The first-order chi connectivity index (χ1) is 55.1. The van der Waals surface area contributed by atoms with Gasteiger partial charge in [-0.3, -0.25) is 0 Å². The van der Waals surface area contributed by atoms with Gasteiger partial charge in [-0.15, -0.1) is 34.0 Å². The van der Waals surface area contributed by atoms with E-state index in [9.17, 15) is 0 Å². The molecular weight excluding hydrogens is 1390 g/mol. The fraction of sp³-hybridized carbons (Fsp3) is 0. The third kappa shape index (κ3) is 10.9. The average molecular weight is 1460 g/mol. The number of fused-ring (bicyclic) bond motifs is 21. The van der Waals surface area contributed by atoms with E-state index in [1.807, 2.05) is 34.0 Å². The lowest BCUT2D eigenvalue weighted by atomic mass is 9.88. The minimum Gasteiger partial charge on any atom is -0.135 e. The zero-order valence-corrected chi connectivity index (χ0v) is 62.8. The molecule has 0 nitrogen and oxygen atoms in total. The third-order valence-electron chi connectivity index (χ3n) is 23.0. The Bertz CT molecular complexity index is 7650. The summed E-state index contributed by atoms with van der Waals surface area (Å²) in [6.45, 7) is 0. The van der Waals surface area contributed by atoms with Gasteiger partial charge in [0.15, 0.2) is 0 Å². The van der Waals surface area contributed by atoms with Crippen molar-refractivity contribution in [1.29, 1.82) is 0 Å². The van der Waals surface area contributed by atoms with Gasteiger partial charge in [0.05, 0.1) is 0 Å². The van der Waals surface area contributed by atoms with Crippen LogP contribution in [0.4, 0.5) is 0 Å². The largest absolute Gasteiger partial charge is 0.135 e. The standard InChI is InChI=1S/3C36H22S/c1-2-11-24-23(10-1)22-34(28-15-6-3-12-25(24)28)30-21-20-29(26-13-4-5-14-27(26)30)32-17-9-18-33-31-16-7-8-19-35(31)37-36(32)33;1-2-11-24-23(10-1)22-34(29-13-4-3-12-25(24)29)30-18-8-15-26-27(30)16-7-17-28(26)32-19-9-20-33-31-14-5-6-21-35(31)37-36(32)33;1-2-9-28-24(8-1)22-34(31-11-4-3-10-30(28)31)26-19-17-23-16-18-25(20-27(23)21-26)29-13-7-14-33-32-12-5-6-15-35(32)37-36(29)33/h3*1-22H. The smallest absolute Gasteiger partial charge is 0.0434 e. The third-order valence-corrected chi connectivity index (χ3v) is 26.6. The van der Waals surface area contributed by atoms with Crippen LogP contribution in [-0.2, 0) is 0 Å². The molecule has 24 rings (SSSR count). The second-order valence-corrected chi connectivity index (χ2v) is 32.3. The fourth-order valence-electron chi connectivity index (χ4n) is 17.9. The molecule has 0 aliphatic heterocycles. The van der Waals surface area contributed by atoms with Gasteiger partial charge in [0.1, 0.15) is 0 Å². The lowest BCUT2D eigenvalue weighted by molar-refractivity contribution is 1.68. The number of hydrogen-bond donors (Lipinski definition) is 0. The van der Waals surface area contributed by atoms with Gasteiger partial charge < -0.3 is 0 Å².